The van der Waals surface area contributed by atoms with Gasteiger partial charge in [0.15, 0.2) is 13.2 Å². The minimum absolute atomic E-state index is 0.00442. The van der Waals surface area contributed by atoms with Crippen molar-refractivity contribution in [2.45, 2.75) is 44.6 Å². The molecular formula is C19H24N2O4. The fraction of sp³-hybridized carbons (Fsp3) is 0.579. The summed E-state index contributed by atoms with van der Waals surface area (Å²) in [5.41, 5.74) is 0.515. The van der Waals surface area contributed by atoms with Crippen molar-refractivity contribution < 1.29 is 19.1 Å². The first kappa shape index (κ1) is 16.2. The molecule has 1 aliphatic carbocycles. The summed E-state index contributed by atoms with van der Waals surface area (Å²) in [7, 11) is 0. The standard InChI is InChI=1S/C19H24N2O4/c22-17-11-24-15-8-3-9-16(19(15)20-17)25-12-18(23)21-10-4-6-13-5-1-2-7-14(13)21/h3,8-9,13-14H,1-2,4-7,10-12H2,(H,20,22)/t13-,14+/m1/s1. The first-order chi connectivity index (χ1) is 12.2. The molecule has 1 saturated carbocycles. The van der Waals surface area contributed by atoms with Crippen LogP contribution < -0.4 is 14.8 Å². The second kappa shape index (κ2) is 6.94. The zero-order valence-electron chi connectivity index (χ0n) is 14.3. The van der Waals surface area contributed by atoms with Crippen molar-refractivity contribution in [3.63, 3.8) is 0 Å². The quantitative estimate of drug-likeness (QED) is 0.915. The lowest BCUT2D eigenvalue weighted by Crippen LogP contribution is -2.51. The van der Waals surface area contributed by atoms with Gasteiger partial charge in [-0.25, -0.2) is 0 Å². The number of amides is 2. The number of fused-ring (bicyclic) bond motifs is 2. The van der Waals surface area contributed by atoms with E-state index in [2.05, 4.69) is 5.32 Å². The molecule has 2 heterocycles. The molecule has 0 radical (unpaired) electrons. The number of likely N-dealkylation sites (tertiary alicyclic amines) is 1. The molecule has 1 aromatic carbocycles. The number of hydrogen-bond donors (Lipinski definition) is 1. The minimum atomic E-state index is -0.212. The summed E-state index contributed by atoms with van der Waals surface area (Å²) in [6.45, 7) is 0.831. The van der Waals surface area contributed by atoms with Crippen LogP contribution >= 0.6 is 0 Å². The monoisotopic (exact) mass is 344 g/mol. The van der Waals surface area contributed by atoms with Crippen LogP contribution in [0.5, 0.6) is 11.5 Å². The van der Waals surface area contributed by atoms with Gasteiger partial charge in [0.25, 0.3) is 11.8 Å². The molecule has 0 unspecified atom stereocenters. The Kier molecular flexibility index (Phi) is 4.51. The summed E-state index contributed by atoms with van der Waals surface area (Å²) in [6.07, 6.45) is 7.17. The van der Waals surface area contributed by atoms with Crippen molar-refractivity contribution in [1.29, 1.82) is 0 Å². The highest BCUT2D eigenvalue weighted by molar-refractivity contribution is 5.97. The smallest absolute Gasteiger partial charge is 0.262 e. The summed E-state index contributed by atoms with van der Waals surface area (Å²) in [5, 5.41) is 2.76. The Hall–Kier alpha value is -2.24. The normalized spacial score (nSPS) is 25.3. The van der Waals surface area contributed by atoms with Gasteiger partial charge in [-0.2, -0.15) is 0 Å². The summed E-state index contributed by atoms with van der Waals surface area (Å²) >= 11 is 0. The van der Waals surface area contributed by atoms with Crippen LogP contribution in [-0.2, 0) is 9.59 Å². The van der Waals surface area contributed by atoms with Crippen molar-refractivity contribution in [2.24, 2.45) is 5.92 Å². The Bertz CT molecular complexity index is 673. The average Bonchev–Trinajstić information content (AvgIpc) is 2.65. The molecule has 6 nitrogen and oxygen atoms in total. The number of ether oxygens (including phenoxy) is 2. The SMILES string of the molecule is O=C1COc2cccc(OCC(=O)N3CCC[C@H]4CCCC[C@@H]43)c2N1. The van der Waals surface area contributed by atoms with Gasteiger partial charge in [0.2, 0.25) is 0 Å². The number of carbonyl (C=O) groups excluding carboxylic acids is 2. The number of rotatable bonds is 3. The van der Waals surface area contributed by atoms with Crippen LogP contribution in [0.4, 0.5) is 5.69 Å². The van der Waals surface area contributed by atoms with E-state index in [0.717, 1.165) is 19.4 Å². The lowest BCUT2D eigenvalue weighted by Gasteiger charge is -2.44. The molecule has 4 rings (SSSR count). The predicted octanol–water partition coefficient (Wildman–Crippen LogP) is 2.58. The molecule has 0 aromatic heterocycles. The lowest BCUT2D eigenvalue weighted by molar-refractivity contribution is -0.139. The van der Waals surface area contributed by atoms with Crippen molar-refractivity contribution >= 4 is 17.5 Å². The number of nitrogens with zero attached hydrogens (tertiary/aromatic N) is 1. The highest BCUT2D eigenvalue weighted by atomic mass is 16.5. The maximum Gasteiger partial charge on any atom is 0.262 e. The molecule has 2 atom stereocenters. The van der Waals surface area contributed by atoms with E-state index in [1.54, 1.807) is 18.2 Å². The van der Waals surface area contributed by atoms with Gasteiger partial charge in [0.1, 0.15) is 17.2 Å². The fourth-order valence-corrected chi connectivity index (χ4v) is 4.35. The molecule has 6 heteroatoms. The molecule has 1 N–H and O–H groups in total. The Morgan fingerprint density at radius 2 is 2.08 bits per heavy atom. The maximum atomic E-state index is 12.7. The van der Waals surface area contributed by atoms with E-state index in [1.165, 1.54) is 25.7 Å². The third-order valence-corrected chi connectivity index (χ3v) is 5.53. The van der Waals surface area contributed by atoms with E-state index in [9.17, 15) is 9.59 Å². The zero-order valence-corrected chi connectivity index (χ0v) is 14.3. The second-order valence-electron chi connectivity index (χ2n) is 7.10. The molecule has 3 aliphatic rings. The molecular weight excluding hydrogens is 320 g/mol. The van der Waals surface area contributed by atoms with Crippen LogP contribution in [0.2, 0.25) is 0 Å². The molecule has 2 aliphatic heterocycles. The maximum absolute atomic E-state index is 12.7. The van der Waals surface area contributed by atoms with E-state index in [4.69, 9.17) is 9.47 Å². The van der Waals surface area contributed by atoms with Gasteiger partial charge in [-0.05, 0) is 43.7 Å². The van der Waals surface area contributed by atoms with Gasteiger partial charge in [-0.3, -0.25) is 9.59 Å². The minimum Gasteiger partial charge on any atom is -0.481 e. The topological polar surface area (TPSA) is 67.9 Å². The third kappa shape index (κ3) is 3.30. The van der Waals surface area contributed by atoms with Gasteiger partial charge >= 0.3 is 0 Å². The largest absolute Gasteiger partial charge is 0.481 e. The summed E-state index contributed by atoms with van der Waals surface area (Å²) in [4.78, 5) is 26.3. The first-order valence-corrected chi connectivity index (χ1v) is 9.20. The molecule has 1 aromatic rings. The Labute approximate surface area is 147 Å². The van der Waals surface area contributed by atoms with Crippen molar-refractivity contribution in [1.82, 2.24) is 4.90 Å². The van der Waals surface area contributed by atoms with Gasteiger partial charge in [-0.1, -0.05) is 18.9 Å². The van der Waals surface area contributed by atoms with Crippen LogP contribution in [0.25, 0.3) is 0 Å². The highest BCUT2D eigenvalue weighted by Crippen LogP contribution is 2.37. The van der Waals surface area contributed by atoms with E-state index in [0.29, 0.717) is 29.1 Å². The average molecular weight is 344 g/mol. The van der Waals surface area contributed by atoms with Crippen molar-refractivity contribution in [3.8, 4) is 11.5 Å². The first-order valence-electron chi connectivity index (χ1n) is 9.20. The number of hydrogen-bond acceptors (Lipinski definition) is 4. The Balaban J connectivity index is 1.43. The van der Waals surface area contributed by atoms with Crippen molar-refractivity contribution in [2.75, 3.05) is 25.1 Å². The van der Waals surface area contributed by atoms with Crippen molar-refractivity contribution in [3.05, 3.63) is 18.2 Å². The van der Waals surface area contributed by atoms with Crippen LogP contribution in [0.1, 0.15) is 38.5 Å². The molecule has 1 saturated heterocycles. The van der Waals surface area contributed by atoms with Gasteiger partial charge in [-0.15, -0.1) is 0 Å². The van der Waals surface area contributed by atoms with E-state index in [-0.39, 0.29) is 25.0 Å². The summed E-state index contributed by atoms with van der Waals surface area (Å²) < 4.78 is 11.1. The van der Waals surface area contributed by atoms with Crippen LogP contribution in [0, 0.1) is 5.92 Å². The number of benzene rings is 1. The molecule has 134 valence electrons. The predicted molar refractivity (Wildman–Crippen MR) is 92.8 cm³/mol. The number of piperidine rings is 1. The Morgan fingerprint density at radius 1 is 1.24 bits per heavy atom. The van der Waals surface area contributed by atoms with E-state index >= 15 is 0 Å². The number of nitrogens with one attached hydrogen (secondary N) is 1. The number of para-hydroxylation sites is 1. The number of carbonyl (C=O) groups is 2. The highest BCUT2D eigenvalue weighted by Gasteiger charge is 2.35. The Morgan fingerprint density at radius 3 is 3.00 bits per heavy atom. The molecule has 25 heavy (non-hydrogen) atoms. The molecule has 2 amide bonds. The molecule has 0 bridgehead atoms. The van der Waals surface area contributed by atoms with Gasteiger partial charge in [0.05, 0.1) is 0 Å². The number of anilines is 1. The van der Waals surface area contributed by atoms with Crippen LogP contribution in [0.3, 0.4) is 0 Å². The fourth-order valence-electron chi connectivity index (χ4n) is 4.35. The van der Waals surface area contributed by atoms with Gasteiger partial charge < -0.3 is 19.7 Å². The third-order valence-electron chi connectivity index (χ3n) is 5.53. The molecule has 0 spiro atoms. The summed E-state index contributed by atoms with van der Waals surface area (Å²) in [6, 6.07) is 5.71. The second-order valence-corrected chi connectivity index (χ2v) is 7.10. The summed E-state index contributed by atoms with van der Waals surface area (Å²) in [5.74, 6) is 1.54. The molecule has 2 fully saturated rings. The van der Waals surface area contributed by atoms with Crippen LogP contribution in [0.15, 0.2) is 18.2 Å². The van der Waals surface area contributed by atoms with Crippen LogP contribution in [-0.4, -0.2) is 42.5 Å². The lowest BCUT2D eigenvalue weighted by atomic mass is 9.78. The van der Waals surface area contributed by atoms with E-state index < -0.39 is 0 Å². The zero-order chi connectivity index (χ0) is 17.2. The van der Waals surface area contributed by atoms with Gasteiger partial charge in [0, 0.05) is 12.6 Å². The van der Waals surface area contributed by atoms with E-state index in [1.807, 2.05) is 4.90 Å².